The highest BCUT2D eigenvalue weighted by molar-refractivity contribution is 5.56. The molecule has 8 heteroatoms. The molecular weight excluding hydrogens is 439 g/mol. The second-order valence-corrected chi connectivity index (χ2v) is 9.51. The van der Waals surface area contributed by atoms with E-state index in [0.29, 0.717) is 11.5 Å². The number of fused-ring (bicyclic) bond motifs is 1. The molecule has 0 radical (unpaired) electrons. The first kappa shape index (κ1) is 22.6. The lowest BCUT2D eigenvalue weighted by Gasteiger charge is -2.21. The van der Waals surface area contributed by atoms with E-state index in [1.807, 2.05) is 23.7 Å². The molecule has 1 saturated carbocycles. The molecule has 0 amide bonds. The molecule has 1 saturated heterocycles. The Morgan fingerprint density at radius 1 is 1.06 bits per heavy atom. The van der Waals surface area contributed by atoms with Crippen molar-refractivity contribution in [2.45, 2.75) is 37.3 Å². The number of aryl methyl sites for hydroxylation is 1. The maximum atomic E-state index is 12.9. The van der Waals surface area contributed by atoms with Crippen molar-refractivity contribution >= 4 is 0 Å². The first-order chi connectivity index (χ1) is 16.3. The van der Waals surface area contributed by atoms with E-state index in [-0.39, 0.29) is 5.41 Å². The van der Waals surface area contributed by atoms with Gasteiger partial charge >= 0.3 is 6.18 Å². The summed E-state index contributed by atoms with van der Waals surface area (Å²) >= 11 is 0. The van der Waals surface area contributed by atoms with Crippen molar-refractivity contribution in [3.05, 3.63) is 71.0 Å². The van der Waals surface area contributed by atoms with Crippen LogP contribution in [-0.2, 0) is 25.1 Å². The number of hydrogen-bond donors (Lipinski definition) is 0. The predicted octanol–water partition coefficient (Wildman–Crippen LogP) is 4.97. The molecule has 2 atom stereocenters. The van der Waals surface area contributed by atoms with E-state index in [4.69, 9.17) is 5.26 Å². The number of rotatable bonds is 7. The quantitative estimate of drug-likeness (QED) is 0.463. The van der Waals surface area contributed by atoms with Gasteiger partial charge in [-0.25, -0.2) is 0 Å². The molecule has 34 heavy (non-hydrogen) atoms. The van der Waals surface area contributed by atoms with Crippen LogP contribution < -0.4 is 0 Å². The Balaban J connectivity index is 1.12. The Labute approximate surface area is 196 Å². The number of benzene rings is 2. The van der Waals surface area contributed by atoms with Crippen molar-refractivity contribution in [2.24, 2.45) is 13.0 Å². The summed E-state index contributed by atoms with van der Waals surface area (Å²) in [7, 11) is 1.96. The Morgan fingerprint density at radius 3 is 2.47 bits per heavy atom. The molecule has 2 aliphatic rings. The van der Waals surface area contributed by atoms with Crippen LogP contribution in [0.4, 0.5) is 13.2 Å². The first-order valence-electron chi connectivity index (χ1n) is 11.6. The molecule has 2 fully saturated rings. The van der Waals surface area contributed by atoms with Gasteiger partial charge in [0.15, 0.2) is 5.82 Å². The minimum atomic E-state index is -4.29. The molecule has 2 aromatic carbocycles. The van der Waals surface area contributed by atoms with E-state index in [2.05, 4.69) is 21.2 Å². The third kappa shape index (κ3) is 4.21. The average Bonchev–Trinajstić information content (AvgIpc) is 3.21. The minimum absolute atomic E-state index is 0.0454. The molecule has 1 aromatic heterocycles. The number of hydrogen-bond acceptors (Lipinski definition) is 4. The van der Waals surface area contributed by atoms with E-state index >= 15 is 0 Å². The zero-order chi connectivity index (χ0) is 23.9. The highest BCUT2D eigenvalue weighted by Gasteiger charge is 2.60. The summed E-state index contributed by atoms with van der Waals surface area (Å²) in [5, 5.41) is 17.6. The zero-order valence-corrected chi connectivity index (χ0v) is 19.0. The SMILES string of the molecule is Cn1c(CCCCN2C[C@@H]3C[C@]3(c3ccc(C(F)(F)F)cc3)C2)nnc1-c1ccc(C#N)cc1. The largest absolute Gasteiger partial charge is 0.416 e. The predicted molar refractivity (Wildman–Crippen MR) is 122 cm³/mol. The molecule has 0 N–H and O–H groups in total. The molecule has 0 unspecified atom stereocenters. The van der Waals surface area contributed by atoms with Gasteiger partial charge in [-0.3, -0.25) is 0 Å². The molecule has 0 spiro atoms. The monoisotopic (exact) mass is 465 g/mol. The zero-order valence-electron chi connectivity index (χ0n) is 19.0. The van der Waals surface area contributed by atoms with Crippen LogP contribution in [0.1, 0.15) is 41.8 Å². The van der Waals surface area contributed by atoms with Crippen molar-refractivity contribution in [1.29, 1.82) is 5.26 Å². The lowest BCUT2D eigenvalue weighted by molar-refractivity contribution is -0.137. The van der Waals surface area contributed by atoms with Crippen LogP contribution in [-0.4, -0.2) is 39.3 Å². The number of piperidine rings is 1. The van der Waals surface area contributed by atoms with Crippen molar-refractivity contribution in [3.8, 4) is 17.5 Å². The smallest absolute Gasteiger partial charge is 0.314 e. The highest BCUT2D eigenvalue weighted by atomic mass is 19.4. The van der Waals surface area contributed by atoms with Crippen LogP contribution in [0.5, 0.6) is 0 Å². The van der Waals surface area contributed by atoms with Crippen LogP contribution in [0, 0.1) is 17.2 Å². The van der Waals surface area contributed by atoms with Gasteiger partial charge in [-0.1, -0.05) is 12.1 Å². The van der Waals surface area contributed by atoms with E-state index < -0.39 is 11.7 Å². The second-order valence-electron chi connectivity index (χ2n) is 9.51. The number of aromatic nitrogens is 3. The molecule has 5 rings (SSSR count). The number of likely N-dealkylation sites (tertiary alicyclic amines) is 1. The molecule has 2 heterocycles. The second kappa shape index (κ2) is 8.55. The Morgan fingerprint density at radius 2 is 1.79 bits per heavy atom. The highest BCUT2D eigenvalue weighted by Crippen LogP contribution is 2.59. The number of alkyl halides is 3. The van der Waals surface area contributed by atoms with Gasteiger partial charge in [-0.05, 0) is 73.7 Å². The minimum Gasteiger partial charge on any atom is -0.314 e. The third-order valence-electron chi connectivity index (χ3n) is 7.37. The van der Waals surface area contributed by atoms with Crippen LogP contribution in [0.3, 0.4) is 0 Å². The lowest BCUT2D eigenvalue weighted by atomic mass is 9.94. The van der Waals surface area contributed by atoms with E-state index in [1.54, 1.807) is 24.3 Å². The molecule has 1 aliphatic carbocycles. The van der Waals surface area contributed by atoms with Gasteiger partial charge in [0.25, 0.3) is 0 Å². The van der Waals surface area contributed by atoms with Crippen molar-refractivity contribution < 1.29 is 13.2 Å². The lowest BCUT2D eigenvalue weighted by Crippen LogP contribution is -2.27. The van der Waals surface area contributed by atoms with Crippen molar-refractivity contribution in [1.82, 2.24) is 19.7 Å². The summed E-state index contributed by atoms with van der Waals surface area (Å²) in [6, 6.07) is 15.2. The maximum absolute atomic E-state index is 12.9. The summed E-state index contributed by atoms with van der Waals surface area (Å²) in [5.41, 5.74) is 2.06. The van der Waals surface area contributed by atoms with E-state index in [1.165, 1.54) is 12.1 Å². The summed E-state index contributed by atoms with van der Waals surface area (Å²) in [5.74, 6) is 2.28. The molecule has 3 aromatic rings. The number of nitrogens with zero attached hydrogens (tertiary/aromatic N) is 5. The molecular formula is C26H26F3N5. The Bertz CT molecular complexity index is 1210. The Hall–Kier alpha value is -3.18. The summed E-state index contributed by atoms with van der Waals surface area (Å²) in [6.45, 7) is 2.93. The van der Waals surface area contributed by atoms with Crippen LogP contribution in [0.2, 0.25) is 0 Å². The molecule has 5 nitrogen and oxygen atoms in total. The average molecular weight is 466 g/mol. The number of halogens is 3. The van der Waals surface area contributed by atoms with Gasteiger partial charge in [0.2, 0.25) is 0 Å². The summed E-state index contributed by atoms with van der Waals surface area (Å²) in [6.07, 6.45) is -0.345. The van der Waals surface area contributed by atoms with Gasteiger partial charge < -0.3 is 9.47 Å². The normalized spacial score (nSPS) is 21.9. The van der Waals surface area contributed by atoms with Gasteiger partial charge in [0, 0.05) is 37.5 Å². The topological polar surface area (TPSA) is 57.7 Å². The van der Waals surface area contributed by atoms with Gasteiger partial charge in [0.05, 0.1) is 17.2 Å². The maximum Gasteiger partial charge on any atom is 0.416 e. The van der Waals surface area contributed by atoms with Crippen molar-refractivity contribution in [3.63, 3.8) is 0 Å². The van der Waals surface area contributed by atoms with Gasteiger partial charge in [-0.15, -0.1) is 10.2 Å². The van der Waals surface area contributed by atoms with E-state index in [0.717, 1.165) is 68.1 Å². The molecule has 176 valence electrons. The number of nitriles is 1. The third-order valence-corrected chi connectivity index (χ3v) is 7.37. The van der Waals surface area contributed by atoms with E-state index in [9.17, 15) is 13.2 Å². The fraction of sp³-hybridized carbons (Fsp3) is 0.423. The Kier molecular flexibility index (Phi) is 5.68. The van der Waals surface area contributed by atoms with Gasteiger partial charge in [-0.2, -0.15) is 18.4 Å². The fourth-order valence-corrected chi connectivity index (χ4v) is 5.34. The van der Waals surface area contributed by atoms with Crippen molar-refractivity contribution in [2.75, 3.05) is 19.6 Å². The van der Waals surface area contributed by atoms with Crippen LogP contribution in [0.15, 0.2) is 48.5 Å². The van der Waals surface area contributed by atoms with Crippen LogP contribution >= 0.6 is 0 Å². The first-order valence-corrected chi connectivity index (χ1v) is 11.6. The van der Waals surface area contributed by atoms with Gasteiger partial charge in [0.1, 0.15) is 5.82 Å². The molecule has 0 bridgehead atoms. The summed E-state index contributed by atoms with van der Waals surface area (Å²) < 4.78 is 40.6. The summed E-state index contributed by atoms with van der Waals surface area (Å²) in [4.78, 5) is 2.45. The van der Waals surface area contributed by atoms with Crippen LogP contribution in [0.25, 0.3) is 11.4 Å². The fourth-order valence-electron chi connectivity index (χ4n) is 5.34. The number of unbranched alkanes of at least 4 members (excludes halogenated alkanes) is 1. The standard InChI is InChI=1S/C26H26F3N5/c1-33-23(31-32-24(33)19-7-5-18(15-30)6-8-19)4-2-3-13-34-16-22-14-25(22,17-34)20-9-11-21(12-10-20)26(27,28)29/h5-12,22H,2-4,13-14,16-17H2,1H3/t22-,25+/m0/s1. The molecule has 1 aliphatic heterocycles.